The van der Waals surface area contributed by atoms with Crippen molar-refractivity contribution in [3.8, 4) is 0 Å². The molecule has 0 unspecified atom stereocenters. The van der Waals surface area contributed by atoms with E-state index in [1.807, 2.05) is 0 Å². The van der Waals surface area contributed by atoms with E-state index < -0.39 is 23.9 Å². The van der Waals surface area contributed by atoms with Crippen molar-refractivity contribution in [2.24, 2.45) is 0 Å². The van der Waals surface area contributed by atoms with Crippen LogP contribution in [-0.2, 0) is 24.4 Å². The lowest BCUT2D eigenvalue weighted by molar-refractivity contribution is 0.337. The van der Waals surface area contributed by atoms with Crippen LogP contribution < -0.4 is 0 Å². The molecule has 0 radical (unpaired) electrons. The number of hydrogen-bond donors (Lipinski definition) is 0. The summed E-state index contributed by atoms with van der Waals surface area (Å²) in [6.45, 7) is 0. The molecule has 0 bridgehead atoms. The summed E-state index contributed by atoms with van der Waals surface area (Å²) < 4.78 is 54.7. The molecule has 9 heteroatoms. The standard InChI is InChI=1S/C15H12Cl2O5S2/c1-22-10-15(23(18,19)13-6-2-11(16)3-7-13)24(20,21)14-8-4-12(17)5-9-14/h2-10H,1H3. The number of sulfone groups is 2. The largest absolute Gasteiger partial charge is 0.502 e. The summed E-state index contributed by atoms with van der Waals surface area (Å²) in [4.78, 5) is -0.430. The van der Waals surface area contributed by atoms with Gasteiger partial charge in [-0.3, -0.25) is 0 Å². The summed E-state index contributed by atoms with van der Waals surface area (Å²) in [6.07, 6.45) is 0.688. The van der Waals surface area contributed by atoms with Crippen LogP contribution in [-0.4, -0.2) is 23.9 Å². The summed E-state index contributed by atoms with van der Waals surface area (Å²) >= 11 is 11.5. The molecule has 0 saturated carbocycles. The van der Waals surface area contributed by atoms with Crippen molar-refractivity contribution in [2.75, 3.05) is 7.11 Å². The minimum Gasteiger partial charge on any atom is -0.502 e. The average molecular weight is 407 g/mol. The van der Waals surface area contributed by atoms with Gasteiger partial charge >= 0.3 is 0 Å². The van der Waals surface area contributed by atoms with E-state index in [0.29, 0.717) is 16.3 Å². The molecule has 0 N–H and O–H groups in total. The molecule has 0 amide bonds. The van der Waals surface area contributed by atoms with Crippen molar-refractivity contribution in [1.29, 1.82) is 0 Å². The summed E-state index contributed by atoms with van der Waals surface area (Å²) in [5.41, 5.74) is 0. The number of ether oxygens (including phenoxy) is 1. The van der Waals surface area contributed by atoms with Crippen molar-refractivity contribution >= 4 is 42.9 Å². The van der Waals surface area contributed by atoms with Gasteiger partial charge in [-0.05, 0) is 48.5 Å². The Morgan fingerprint density at radius 2 is 1.12 bits per heavy atom. The summed E-state index contributed by atoms with van der Waals surface area (Å²) in [5.74, 6) is 0. The lowest BCUT2D eigenvalue weighted by Gasteiger charge is -2.10. The Bertz CT molecular complexity index is 884. The number of methoxy groups -OCH3 is 1. The molecule has 0 saturated heterocycles. The van der Waals surface area contributed by atoms with Gasteiger partial charge in [0.25, 0.3) is 0 Å². The summed E-state index contributed by atoms with van der Waals surface area (Å²) in [6, 6.07) is 10.3. The lowest BCUT2D eigenvalue weighted by Crippen LogP contribution is -2.15. The third-order valence-corrected chi connectivity index (χ3v) is 7.85. The third kappa shape index (κ3) is 3.75. The third-order valence-electron chi connectivity index (χ3n) is 2.99. The van der Waals surface area contributed by atoms with Gasteiger partial charge in [0.1, 0.15) is 6.26 Å². The van der Waals surface area contributed by atoms with Crippen LogP contribution >= 0.6 is 23.2 Å². The van der Waals surface area contributed by atoms with Gasteiger partial charge in [-0.1, -0.05) is 23.2 Å². The van der Waals surface area contributed by atoms with E-state index in [2.05, 4.69) is 0 Å². The second-order valence-corrected chi connectivity index (χ2v) is 9.55. The van der Waals surface area contributed by atoms with E-state index in [9.17, 15) is 16.8 Å². The number of halogens is 2. The molecule has 0 aliphatic rings. The molecule has 5 nitrogen and oxygen atoms in total. The average Bonchev–Trinajstić information content (AvgIpc) is 2.53. The minimum absolute atomic E-state index is 0.215. The van der Waals surface area contributed by atoms with Gasteiger partial charge in [0.15, 0.2) is 0 Å². The zero-order valence-corrected chi connectivity index (χ0v) is 15.5. The Morgan fingerprint density at radius 1 is 0.792 bits per heavy atom. The molecule has 128 valence electrons. The Labute approximate surface area is 150 Å². The first-order valence-corrected chi connectivity index (χ1v) is 10.2. The van der Waals surface area contributed by atoms with Crippen LogP contribution in [0.2, 0.25) is 10.0 Å². The van der Waals surface area contributed by atoms with Gasteiger partial charge in [-0.2, -0.15) is 0 Å². The molecule has 0 aromatic heterocycles. The maximum absolute atomic E-state index is 12.7. The fraction of sp³-hybridized carbons (Fsp3) is 0.0667. The van der Waals surface area contributed by atoms with Crippen molar-refractivity contribution in [1.82, 2.24) is 0 Å². The Kier molecular flexibility index (Phi) is 5.59. The van der Waals surface area contributed by atoms with Gasteiger partial charge in [0, 0.05) is 10.0 Å². The first-order valence-electron chi connectivity index (χ1n) is 6.44. The van der Waals surface area contributed by atoms with Crippen molar-refractivity contribution in [3.63, 3.8) is 0 Å². The SMILES string of the molecule is COC=C(S(=O)(=O)c1ccc(Cl)cc1)S(=O)(=O)c1ccc(Cl)cc1. The second kappa shape index (κ2) is 7.14. The first-order chi connectivity index (χ1) is 11.2. The Hall–Kier alpha value is -1.54. The maximum Gasteiger partial charge on any atom is 0.221 e. The molecular formula is C15H12Cl2O5S2. The van der Waals surface area contributed by atoms with Crippen LogP contribution in [0.15, 0.2) is 68.8 Å². The number of benzene rings is 2. The van der Waals surface area contributed by atoms with E-state index in [4.69, 9.17) is 27.9 Å². The summed E-state index contributed by atoms with van der Waals surface area (Å²) in [5, 5.41) is 0.651. The van der Waals surface area contributed by atoms with Crippen molar-refractivity contribution in [2.45, 2.75) is 9.79 Å². The fourth-order valence-corrected chi connectivity index (χ4v) is 5.71. The van der Waals surface area contributed by atoms with E-state index in [1.54, 1.807) is 0 Å². The van der Waals surface area contributed by atoms with Crippen LogP contribution in [0.25, 0.3) is 0 Å². The normalized spacial score (nSPS) is 11.8. The van der Waals surface area contributed by atoms with Gasteiger partial charge in [0.05, 0.1) is 16.9 Å². The predicted molar refractivity (Wildman–Crippen MR) is 92.4 cm³/mol. The van der Waals surface area contributed by atoms with E-state index in [0.717, 1.165) is 7.11 Å². The van der Waals surface area contributed by atoms with Gasteiger partial charge < -0.3 is 4.74 Å². The molecule has 2 aromatic carbocycles. The van der Waals surface area contributed by atoms with Crippen LogP contribution in [0.1, 0.15) is 0 Å². The Balaban J connectivity index is 2.63. The highest BCUT2D eigenvalue weighted by Crippen LogP contribution is 2.30. The van der Waals surface area contributed by atoms with E-state index >= 15 is 0 Å². The molecule has 0 fully saturated rings. The highest BCUT2D eigenvalue weighted by Gasteiger charge is 2.34. The fourth-order valence-electron chi connectivity index (χ4n) is 1.83. The van der Waals surface area contributed by atoms with Crippen LogP contribution in [0.4, 0.5) is 0 Å². The molecule has 0 spiro atoms. The lowest BCUT2D eigenvalue weighted by atomic mass is 10.4. The molecule has 2 aromatic rings. The smallest absolute Gasteiger partial charge is 0.221 e. The zero-order chi connectivity index (χ0) is 18.0. The van der Waals surface area contributed by atoms with Crippen LogP contribution in [0.3, 0.4) is 0 Å². The minimum atomic E-state index is -4.34. The number of hydrogen-bond acceptors (Lipinski definition) is 5. The zero-order valence-electron chi connectivity index (χ0n) is 12.3. The number of rotatable bonds is 5. The quantitative estimate of drug-likeness (QED) is 0.707. The monoisotopic (exact) mass is 406 g/mol. The van der Waals surface area contributed by atoms with Crippen LogP contribution in [0.5, 0.6) is 0 Å². The summed E-state index contributed by atoms with van der Waals surface area (Å²) in [7, 11) is -7.52. The second-order valence-electron chi connectivity index (χ2n) is 4.59. The van der Waals surface area contributed by atoms with E-state index in [-0.39, 0.29) is 9.79 Å². The molecule has 0 aliphatic heterocycles. The molecule has 0 aliphatic carbocycles. The van der Waals surface area contributed by atoms with Gasteiger partial charge in [0.2, 0.25) is 23.9 Å². The topological polar surface area (TPSA) is 77.5 Å². The van der Waals surface area contributed by atoms with E-state index in [1.165, 1.54) is 48.5 Å². The van der Waals surface area contributed by atoms with Gasteiger partial charge in [-0.25, -0.2) is 16.8 Å². The van der Waals surface area contributed by atoms with Gasteiger partial charge in [-0.15, -0.1) is 0 Å². The maximum atomic E-state index is 12.7. The predicted octanol–water partition coefficient (Wildman–Crippen LogP) is 3.69. The first kappa shape index (κ1) is 18.8. The van der Waals surface area contributed by atoms with Crippen molar-refractivity contribution in [3.05, 3.63) is 69.1 Å². The van der Waals surface area contributed by atoms with Crippen LogP contribution in [0, 0.1) is 0 Å². The Morgan fingerprint density at radius 3 is 1.42 bits per heavy atom. The molecule has 24 heavy (non-hydrogen) atoms. The highest BCUT2D eigenvalue weighted by molar-refractivity contribution is 8.14. The molecule has 0 atom stereocenters. The van der Waals surface area contributed by atoms with Crippen molar-refractivity contribution < 1.29 is 21.6 Å². The molecule has 0 heterocycles. The molecular weight excluding hydrogens is 395 g/mol. The highest BCUT2D eigenvalue weighted by atomic mass is 35.5. The molecule has 2 rings (SSSR count).